The maximum Gasteiger partial charge on any atom is 0.334 e. The van der Waals surface area contributed by atoms with Gasteiger partial charge in [0.05, 0.1) is 26.1 Å². The first kappa shape index (κ1) is 21.8. The predicted octanol–water partition coefficient (Wildman–Crippen LogP) is -0.887. The highest BCUT2D eigenvalue weighted by atomic mass is 32.2. The fourth-order valence-electron chi connectivity index (χ4n) is 3.69. The summed E-state index contributed by atoms with van der Waals surface area (Å²) in [6.07, 6.45) is 4.37. The molecule has 4 heterocycles. The molecule has 2 saturated heterocycles. The highest BCUT2D eigenvalue weighted by molar-refractivity contribution is 7.88. The number of morpholine rings is 1. The van der Waals surface area contributed by atoms with E-state index < -0.39 is 10.0 Å². The topological polar surface area (TPSA) is 138 Å². The Labute approximate surface area is 181 Å². The van der Waals surface area contributed by atoms with Crippen LogP contribution in [-0.4, -0.2) is 84.9 Å². The zero-order chi connectivity index (χ0) is 21.8. The van der Waals surface area contributed by atoms with E-state index in [0.29, 0.717) is 50.5 Å². The molecule has 0 aromatic carbocycles. The SMILES string of the molecule is CS(=O)(=O)N1CCC(COc2nc(-c3ccc(N)nc3)nc([NH+]3CCOCC3)n2)CC1. The minimum Gasteiger partial charge on any atom is -0.463 e. The van der Waals surface area contributed by atoms with E-state index in [2.05, 4.69) is 19.9 Å². The molecular formula is C19H28N7O4S+. The molecular weight excluding hydrogens is 422 g/mol. The van der Waals surface area contributed by atoms with E-state index in [4.69, 9.17) is 15.2 Å². The molecule has 11 nitrogen and oxygen atoms in total. The summed E-state index contributed by atoms with van der Waals surface area (Å²) in [5.41, 5.74) is 6.43. The summed E-state index contributed by atoms with van der Waals surface area (Å²) >= 11 is 0. The van der Waals surface area contributed by atoms with Crippen LogP contribution < -0.4 is 15.4 Å². The van der Waals surface area contributed by atoms with Crippen molar-refractivity contribution in [3.63, 3.8) is 0 Å². The van der Waals surface area contributed by atoms with Crippen molar-refractivity contribution in [3.05, 3.63) is 18.3 Å². The monoisotopic (exact) mass is 450 g/mol. The van der Waals surface area contributed by atoms with Crippen molar-refractivity contribution >= 4 is 21.8 Å². The summed E-state index contributed by atoms with van der Waals surface area (Å²) in [7, 11) is -3.14. The molecule has 31 heavy (non-hydrogen) atoms. The van der Waals surface area contributed by atoms with Crippen molar-refractivity contribution in [1.82, 2.24) is 24.2 Å². The van der Waals surface area contributed by atoms with Gasteiger partial charge in [-0.15, -0.1) is 4.98 Å². The average Bonchev–Trinajstić information content (AvgIpc) is 2.78. The first-order valence-corrected chi connectivity index (χ1v) is 12.2. The van der Waals surface area contributed by atoms with E-state index in [-0.39, 0.29) is 11.9 Å². The van der Waals surface area contributed by atoms with Crippen molar-refractivity contribution in [2.24, 2.45) is 5.92 Å². The maximum atomic E-state index is 11.7. The Morgan fingerprint density at radius 2 is 1.94 bits per heavy atom. The first-order chi connectivity index (χ1) is 14.9. The summed E-state index contributed by atoms with van der Waals surface area (Å²) in [4.78, 5) is 18.9. The van der Waals surface area contributed by atoms with Crippen LogP contribution in [0.4, 0.5) is 11.8 Å². The summed E-state index contributed by atoms with van der Waals surface area (Å²) in [5.74, 6) is 1.77. The molecule has 3 N–H and O–H groups in total. The first-order valence-electron chi connectivity index (χ1n) is 10.4. The number of nitrogens with one attached hydrogen (secondary N) is 1. The van der Waals surface area contributed by atoms with Gasteiger partial charge >= 0.3 is 12.0 Å². The Hall–Kier alpha value is -2.41. The van der Waals surface area contributed by atoms with E-state index in [0.717, 1.165) is 36.4 Å². The number of quaternary nitrogens is 1. The smallest absolute Gasteiger partial charge is 0.334 e. The number of sulfonamides is 1. The van der Waals surface area contributed by atoms with E-state index in [1.165, 1.54) is 10.6 Å². The van der Waals surface area contributed by atoms with Crippen molar-refractivity contribution < 1.29 is 22.8 Å². The number of anilines is 1. The number of rotatable bonds is 6. The number of nitrogens with two attached hydrogens (primary N) is 1. The highest BCUT2D eigenvalue weighted by Gasteiger charge is 2.26. The van der Waals surface area contributed by atoms with Gasteiger partial charge in [-0.05, 0) is 30.9 Å². The van der Waals surface area contributed by atoms with E-state index in [1.54, 1.807) is 12.3 Å². The van der Waals surface area contributed by atoms with Gasteiger partial charge in [0.15, 0.2) is 5.82 Å². The molecule has 2 aliphatic rings. The molecule has 0 bridgehead atoms. The molecule has 12 heteroatoms. The second-order valence-corrected chi connectivity index (χ2v) is 9.85. The molecule has 2 fully saturated rings. The number of hydrogen-bond donors (Lipinski definition) is 2. The lowest BCUT2D eigenvalue weighted by atomic mass is 9.99. The third-order valence-corrected chi connectivity index (χ3v) is 6.87. The van der Waals surface area contributed by atoms with Gasteiger partial charge in [0.1, 0.15) is 18.9 Å². The van der Waals surface area contributed by atoms with E-state index >= 15 is 0 Å². The quantitative estimate of drug-likeness (QED) is 0.574. The summed E-state index contributed by atoms with van der Waals surface area (Å²) in [5, 5.41) is 0. The Morgan fingerprint density at radius 1 is 1.19 bits per heavy atom. The van der Waals surface area contributed by atoms with Crippen LogP contribution in [0, 0.1) is 5.92 Å². The van der Waals surface area contributed by atoms with Crippen LogP contribution in [0.5, 0.6) is 6.01 Å². The van der Waals surface area contributed by atoms with Crippen molar-refractivity contribution in [1.29, 1.82) is 0 Å². The van der Waals surface area contributed by atoms with Gasteiger partial charge in [-0.3, -0.25) is 4.90 Å². The van der Waals surface area contributed by atoms with Crippen LogP contribution in [-0.2, 0) is 14.8 Å². The molecule has 2 aromatic heterocycles. The fraction of sp³-hybridized carbons (Fsp3) is 0.579. The van der Waals surface area contributed by atoms with Gasteiger partial charge in [-0.1, -0.05) is 0 Å². The second-order valence-electron chi connectivity index (χ2n) is 7.87. The average molecular weight is 451 g/mol. The van der Waals surface area contributed by atoms with Crippen LogP contribution in [0.15, 0.2) is 18.3 Å². The zero-order valence-corrected chi connectivity index (χ0v) is 18.3. The summed E-state index contributed by atoms with van der Waals surface area (Å²) in [6, 6.07) is 3.79. The highest BCUT2D eigenvalue weighted by Crippen LogP contribution is 2.22. The van der Waals surface area contributed by atoms with Crippen molar-refractivity contribution in [2.45, 2.75) is 12.8 Å². The molecule has 0 unspecified atom stereocenters. The van der Waals surface area contributed by atoms with E-state index in [9.17, 15) is 8.42 Å². The molecule has 2 aliphatic heterocycles. The van der Waals surface area contributed by atoms with Gasteiger partial charge < -0.3 is 15.2 Å². The van der Waals surface area contributed by atoms with Crippen LogP contribution in [0.25, 0.3) is 11.4 Å². The van der Waals surface area contributed by atoms with Crippen LogP contribution in [0.2, 0.25) is 0 Å². The third-order valence-electron chi connectivity index (χ3n) is 5.56. The Balaban J connectivity index is 1.49. The number of nitrogens with zero attached hydrogens (tertiary/aromatic N) is 5. The van der Waals surface area contributed by atoms with Crippen molar-refractivity contribution in [2.75, 3.05) is 58.0 Å². The lowest BCUT2D eigenvalue weighted by Gasteiger charge is -2.29. The van der Waals surface area contributed by atoms with Gasteiger partial charge in [-0.2, -0.15) is 9.97 Å². The standard InChI is InChI=1S/C19H27N7O4S/c1-31(27,28)26-6-4-14(5-7-26)13-30-19-23-17(15-2-3-16(20)21-12-15)22-18(24-19)25-8-10-29-11-9-25/h2-3,12,14H,4-11,13H2,1H3,(H2,20,21)/p+1. The van der Waals surface area contributed by atoms with Gasteiger partial charge in [-0.25, -0.2) is 17.7 Å². The largest absolute Gasteiger partial charge is 0.463 e. The van der Waals surface area contributed by atoms with Gasteiger partial charge in [0.2, 0.25) is 10.0 Å². The maximum absolute atomic E-state index is 11.7. The number of aromatic nitrogens is 4. The molecule has 2 aromatic rings. The molecule has 0 saturated carbocycles. The predicted molar refractivity (Wildman–Crippen MR) is 113 cm³/mol. The van der Waals surface area contributed by atoms with Crippen molar-refractivity contribution in [3.8, 4) is 17.4 Å². The van der Waals surface area contributed by atoms with Gasteiger partial charge in [0.25, 0.3) is 0 Å². The molecule has 0 amide bonds. The Morgan fingerprint density at radius 3 is 2.58 bits per heavy atom. The minimum absolute atomic E-state index is 0.246. The molecule has 0 atom stereocenters. The summed E-state index contributed by atoms with van der Waals surface area (Å²) < 4.78 is 36.3. The molecule has 168 valence electrons. The third kappa shape index (κ3) is 5.64. The number of nitrogen functional groups attached to an aromatic ring is 1. The van der Waals surface area contributed by atoms with Crippen LogP contribution in [0.1, 0.15) is 12.8 Å². The second kappa shape index (κ2) is 9.39. The number of ether oxygens (including phenoxy) is 2. The van der Waals surface area contributed by atoms with E-state index in [1.807, 2.05) is 6.07 Å². The lowest BCUT2D eigenvalue weighted by molar-refractivity contribution is -0.847. The fourth-order valence-corrected chi connectivity index (χ4v) is 4.56. The number of pyridine rings is 1. The normalized spacial score (nSPS) is 19.4. The molecule has 0 aliphatic carbocycles. The summed E-state index contributed by atoms with van der Waals surface area (Å²) in [6.45, 7) is 4.29. The lowest BCUT2D eigenvalue weighted by Crippen LogP contribution is -3.10. The van der Waals surface area contributed by atoms with Gasteiger partial charge in [0, 0.05) is 24.8 Å². The zero-order valence-electron chi connectivity index (χ0n) is 17.5. The van der Waals surface area contributed by atoms with Crippen LogP contribution in [0.3, 0.4) is 0 Å². The number of hydrogen-bond acceptors (Lipinski definition) is 9. The molecule has 0 radical (unpaired) electrons. The number of piperidine rings is 1. The molecule has 4 rings (SSSR count). The van der Waals surface area contributed by atoms with Crippen LogP contribution >= 0.6 is 0 Å². The molecule has 0 spiro atoms. The Bertz CT molecular complexity index is 989. The minimum atomic E-state index is -3.14. The Kier molecular flexibility index (Phi) is 6.60.